The molecule has 0 unspecified atom stereocenters. The van der Waals surface area contributed by atoms with Gasteiger partial charge in [-0.25, -0.2) is 0 Å². The van der Waals surface area contributed by atoms with Crippen LogP contribution in [0.25, 0.3) is 0 Å². The van der Waals surface area contributed by atoms with E-state index in [1.54, 1.807) is 11.8 Å². The second-order valence-electron chi connectivity index (χ2n) is 6.80. The van der Waals surface area contributed by atoms with Crippen molar-refractivity contribution in [2.45, 2.75) is 17.7 Å². The topological polar surface area (TPSA) is 52.7 Å². The largest absolute Gasteiger partial charge is 0.376 e. The molecule has 4 rings (SSSR count). The number of benzene rings is 2. The van der Waals surface area contributed by atoms with Gasteiger partial charge >= 0.3 is 0 Å². The molecule has 1 saturated heterocycles. The number of carbonyl (C=O) groups is 2. The quantitative estimate of drug-likeness (QED) is 0.881. The standard InChI is InChI=1S/C21H23N3O2S/c25-20(24-12-13-27-19-9-2-1-8-18(19)24)15-22-17-7-5-6-16(14-17)21(26)23-10-3-4-11-23/h1-2,5-9,14,22H,3-4,10-13,15H2. The Kier molecular flexibility index (Phi) is 5.34. The van der Waals surface area contributed by atoms with Crippen molar-refractivity contribution in [2.75, 3.05) is 42.1 Å². The van der Waals surface area contributed by atoms with Crippen molar-refractivity contribution in [3.8, 4) is 0 Å². The zero-order valence-electron chi connectivity index (χ0n) is 15.2. The van der Waals surface area contributed by atoms with Crippen molar-refractivity contribution in [3.63, 3.8) is 0 Å². The van der Waals surface area contributed by atoms with Crippen LogP contribution in [-0.4, -0.2) is 48.6 Å². The van der Waals surface area contributed by atoms with Gasteiger partial charge in [0.25, 0.3) is 5.91 Å². The second-order valence-corrected chi connectivity index (χ2v) is 7.93. The third kappa shape index (κ3) is 3.95. The molecule has 0 atom stereocenters. The van der Waals surface area contributed by atoms with Crippen LogP contribution in [-0.2, 0) is 4.79 Å². The lowest BCUT2D eigenvalue weighted by atomic mass is 10.1. The third-order valence-electron chi connectivity index (χ3n) is 4.98. The molecule has 2 aromatic carbocycles. The van der Waals surface area contributed by atoms with Crippen molar-refractivity contribution in [1.29, 1.82) is 0 Å². The molecule has 5 nitrogen and oxygen atoms in total. The van der Waals surface area contributed by atoms with Crippen molar-refractivity contribution >= 4 is 35.0 Å². The summed E-state index contributed by atoms with van der Waals surface area (Å²) in [5.41, 5.74) is 2.46. The number of hydrogen-bond acceptors (Lipinski definition) is 4. The van der Waals surface area contributed by atoms with E-state index in [2.05, 4.69) is 11.4 Å². The average molecular weight is 382 g/mol. The van der Waals surface area contributed by atoms with E-state index < -0.39 is 0 Å². The summed E-state index contributed by atoms with van der Waals surface area (Å²) in [6.45, 7) is 2.60. The maximum atomic E-state index is 12.7. The van der Waals surface area contributed by atoms with E-state index in [9.17, 15) is 9.59 Å². The molecular formula is C21H23N3O2S. The second kappa shape index (κ2) is 8.05. The number of nitrogens with zero attached hydrogens (tertiary/aromatic N) is 2. The van der Waals surface area contributed by atoms with E-state index in [0.29, 0.717) is 5.56 Å². The molecule has 2 heterocycles. The molecular weight excluding hydrogens is 358 g/mol. The molecule has 0 aromatic heterocycles. The van der Waals surface area contributed by atoms with Crippen LogP contribution in [0, 0.1) is 0 Å². The normalized spacial score (nSPS) is 16.1. The minimum absolute atomic E-state index is 0.0408. The first-order valence-electron chi connectivity index (χ1n) is 9.38. The third-order valence-corrected chi connectivity index (χ3v) is 6.02. The highest BCUT2D eigenvalue weighted by Gasteiger charge is 2.23. The zero-order valence-corrected chi connectivity index (χ0v) is 16.0. The lowest BCUT2D eigenvalue weighted by Crippen LogP contribution is -2.39. The summed E-state index contributed by atoms with van der Waals surface area (Å²) < 4.78 is 0. The highest BCUT2D eigenvalue weighted by atomic mass is 32.2. The fraction of sp³-hybridized carbons (Fsp3) is 0.333. The minimum Gasteiger partial charge on any atom is -0.376 e. The first-order valence-corrected chi connectivity index (χ1v) is 10.4. The monoisotopic (exact) mass is 381 g/mol. The van der Waals surface area contributed by atoms with Crippen molar-refractivity contribution in [2.24, 2.45) is 0 Å². The fourth-order valence-corrected chi connectivity index (χ4v) is 4.56. The van der Waals surface area contributed by atoms with Crippen molar-refractivity contribution < 1.29 is 9.59 Å². The molecule has 2 amide bonds. The maximum Gasteiger partial charge on any atom is 0.253 e. The van der Waals surface area contributed by atoms with Gasteiger partial charge in [0.2, 0.25) is 5.91 Å². The van der Waals surface area contributed by atoms with E-state index in [0.717, 1.165) is 54.5 Å². The van der Waals surface area contributed by atoms with E-state index in [1.165, 1.54) is 0 Å². The summed E-state index contributed by atoms with van der Waals surface area (Å²) in [6, 6.07) is 15.5. The molecule has 1 fully saturated rings. The molecule has 0 bridgehead atoms. The van der Waals surface area contributed by atoms with Crippen LogP contribution < -0.4 is 10.2 Å². The summed E-state index contributed by atoms with van der Waals surface area (Å²) in [7, 11) is 0. The lowest BCUT2D eigenvalue weighted by Gasteiger charge is -2.29. The number of likely N-dealkylation sites (tertiary alicyclic amines) is 1. The van der Waals surface area contributed by atoms with Gasteiger partial charge in [-0.15, -0.1) is 11.8 Å². The Bertz CT molecular complexity index is 849. The summed E-state index contributed by atoms with van der Waals surface area (Å²) in [6.07, 6.45) is 2.15. The van der Waals surface area contributed by atoms with Crippen LogP contribution in [0.2, 0.25) is 0 Å². The van der Waals surface area contributed by atoms with Gasteiger partial charge in [0.15, 0.2) is 0 Å². The van der Waals surface area contributed by atoms with Gasteiger partial charge in [-0.2, -0.15) is 0 Å². The Balaban J connectivity index is 1.41. The van der Waals surface area contributed by atoms with Crippen LogP contribution in [0.3, 0.4) is 0 Å². The van der Waals surface area contributed by atoms with E-state index in [-0.39, 0.29) is 18.4 Å². The molecule has 27 heavy (non-hydrogen) atoms. The average Bonchev–Trinajstić information content (AvgIpc) is 3.26. The molecule has 140 valence electrons. The number of nitrogens with one attached hydrogen (secondary N) is 1. The fourth-order valence-electron chi connectivity index (χ4n) is 3.57. The molecule has 2 aliphatic heterocycles. The molecule has 0 saturated carbocycles. The minimum atomic E-state index is 0.0408. The number of hydrogen-bond donors (Lipinski definition) is 1. The number of rotatable bonds is 4. The lowest BCUT2D eigenvalue weighted by molar-refractivity contribution is -0.117. The molecule has 0 aliphatic carbocycles. The van der Waals surface area contributed by atoms with Crippen molar-refractivity contribution in [3.05, 3.63) is 54.1 Å². The van der Waals surface area contributed by atoms with Crippen molar-refractivity contribution in [1.82, 2.24) is 4.90 Å². The van der Waals surface area contributed by atoms with Crippen LogP contribution in [0.1, 0.15) is 23.2 Å². The summed E-state index contributed by atoms with van der Waals surface area (Å²) in [5, 5.41) is 3.19. The SMILES string of the molecule is O=C(c1cccc(NCC(=O)N2CCSc3ccccc32)c1)N1CCCC1. The molecule has 6 heteroatoms. The highest BCUT2D eigenvalue weighted by molar-refractivity contribution is 7.99. The molecule has 0 spiro atoms. The maximum absolute atomic E-state index is 12.7. The Labute approximate surface area is 163 Å². The number of fused-ring (bicyclic) bond motifs is 1. The van der Waals surface area contributed by atoms with Gasteiger partial charge in [-0.1, -0.05) is 18.2 Å². The first-order chi connectivity index (χ1) is 13.2. The van der Waals surface area contributed by atoms with Gasteiger partial charge in [-0.05, 0) is 43.2 Å². The summed E-state index contributed by atoms with van der Waals surface area (Å²) >= 11 is 1.79. The van der Waals surface area contributed by atoms with Gasteiger partial charge in [-0.3, -0.25) is 9.59 Å². The summed E-state index contributed by atoms with van der Waals surface area (Å²) in [4.78, 5) is 30.2. The predicted molar refractivity (Wildman–Crippen MR) is 110 cm³/mol. The Hall–Kier alpha value is -2.47. The molecule has 1 N–H and O–H groups in total. The van der Waals surface area contributed by atoms with Gasteiger partial charge in [0.1, 0.15) is 0 Å². The smallest absolute Gasteiger partial charge is 0.253 e. The highest BCUT2D eigenvalue weighted by Crippen LogP contribution is 2.34. The number of thioether (sulfide) groups is 1. The van der Waals surface area contributed by atoms with Crippen LogP contribution >= 0.6 is 11.8 Å². The molecule has 2 aliphatic rings. The van der Waals surface area contributed by atoms with E-state index in [4.69, 9.17) is 0 Å². The van der Waals surface area contributed by atoms with Gasteiger partial charge in [0.05, 0.1) is 12.2 Å². The first kappa shape index (κ1) is 17.9. The summed E-state index contributed by atoms with van der Waals surface area (Å²) in [5.74, 6) is 1.02. The Morgan fingerprint density at radius 1 is 1.00 bits per heavy atom. The van der Waals surface area contributed by atoms with E-state index in [1.807, 2.05) is 52.3 Å². The number of carbonyl (C=O) groups excluding carboxylic acids is 2. The molecule has 2 aromatic rings. The van der Waals surface area contributed by atoms with E-state index >= 15 is 0 Å². The number of amides is 2. The number of para-hydroxylation sites is 1. The Morgan fingerprint density at radius 2 is 1.81 bits per heavy atom. The van der Waals surface area contributed by atoms with Crippen LogP contribution in [0.5, 0.6) is 0 Å². The van der Waals surface area contributed by atoms with Gasteiger partial charge < -0.3 is 15.1 Å². The Morgan fingerprint density at radius 3 is 2.67 bits per heavy atom. The van der Waals surface area contributed by atoms with Crippen LogP contribution in [0.15, 0.2) is 53.4 Å². The number of anilines is 2. The van der Waals surface area contributed by atoms with Gasteiger partial charge in [0, 0.05) is 41.5 Å². The van der Waals surface area contributed by atoms with Crippen LogP contribution in [0.4, 0.5) is 11.4 Å². The zero-order chi connectivity index (χ0) is 18.6. The molecule has 0 radical (unpaired) electrons. The predicted octanol–water partition coefficient (Wildman–Crippen LogP) is 3.47.